The maximum Gasteiger partial charge on any atom is 0.408 e. The summed E-state index contributed by atoms with van der Waals surface area (Å²) in [4.78, 5) is 29.9. The topological polar surface area (TPSA) is 105 Å². The highest BCUT2D eigenvalue weighted by atomic mass is 35.5. The molecule has 0 bridgehead atoms. The summed E-state index contributed by atoms with van der Waals surface area (Å²) in [5.74, 6) is -0.689. The fraction of sp³-hybridized carbons (Fsp3) is 0.500. The number of nitrogens with zero attached hydrogens (tertiary/aromatic N) is 2. The Balaban J connectivity index is 1.83. The van der Waals surface area contributed by atoms with Gasteiger partial charge < -0.3 is 15.0 Å². The van der Waals surface area contributed by atoms with Gasteiger partial charge in [-0.15, -0.1) is 0 Å². The molecule has 30 heavy (non-hydrogen) atoms. The lowest BCUT2D eigenvalue weighted by Crippen LogP contribution is -2.39. The van der Waals surface area contributed by atoms with E-state index in [-0.39, 0.29) is 23.3 Å². The Bertz CT molecular complexity index is 1010. The van der Waals surface area contributed by atoms with Crippen LogP contribution in [0.15, 0.2) is 23.2 Å². The van der Waals surface area contributed by atoms with E-state index in [1.165, 1.54) is 11.8 Å². The molecule has 0 aromatic heterocycles. The third-order valence-electron chi connectivity index (χ3n) is 4.24. The molecule has 1 aromatic rings. The van der Waals surface area contributed by atoms with E-state index >= 15 is 0 Å². The molecule has 2 aliphatic rings. The van der Waals surface area contributed by atoms with Crippen LogP contribution in [0.1, 0.15) is 20.8 Å². The number of nitrogens with one attached hydrogen (secondary N) is 1. The second-order valence-electron chi connectivity index (χ2n) is 7.91. The van der Waals surface area contributed by atoms with Gasteiger partial charge in [-0.05, 0) is 39.0 Å². The zero-order valence-electron chi connectivity index (χ0n) is 16.5. The van der Waals surface area contributed by atoms with Crippen molar-refractivity contribution in [3.05, 3.63) is 28.2 Å². The standard InChI is InChI=1S/C18H21Cl2N3O5S2/c1-18(2,3)28-17(25)21-7-15(24)22-16-23(12-6-10(19)4-5-11(12)20)13-8-30(26,27)9-14(13)29-16/h4-6,13-14H,7-9H2,1-3H3,(H,21,25)/t13-,14+/m0/s1. The van der Waals surface area contributed by atoms with Gasteiger partial charge in [0.25, 0.3) is 5.91 Å². The van der Waals surface area contributed by atoms with Crippen LogP contribution in [0.2, 0.25) is 10.0 Å². The van der Waals surface area contributed by atoms with Crippen molar-refractivity contribution in [2.75, 3.05) is 23.0 Å². The van der Waals surface area contributed by atoms with Gasteiger partial charge in [0.2, 0.25) is 0 Å². The lowest BCUT2D eigenvalue weighted by molar-refractivity contribution is -0.117. The van der Waals surface area contributed by atoms with Crippen LogP contribution in [0.5, 0.6) is 0 Å². The molecule has 2 atom stereocenters. The van der Waals surface area contributed by atoms with E-state index in [2.05, 4.69) is 10.3 Å². The number of rotatable bonds is 3. The number of aliphatic imine (C=N–C) groups is 1. The Kier molecular flexibility index (Phi) is 6.62. The molecule has 12 heteroatoms. The van der Waals surface area contributed by atoms with Crippen molar-refractivity contribution in [2.24, 2.45) is 4.99 Å². The van der Waals surface area contributed by atoms with E-state index in [4.69, 9.17) is 27.9 Å². The second-order valence-corrected chi connectivity index (χ2v) is 12.1. The first-order valence-electron chi connectivity index (χ1n) is 9.04. The first kappa shape index (κ1) is 23.2. The summed E-state index contributed by atoms with van der Waals surface area (Å²) in [6.45, 7) is 4.78. The Morgan fingerprint density at radius 2 is 2.00 bits per heavy atom. The average molecular weight is 494 g/mol. The smallest absolute Gasteiger partial charge is 0.408 e. The number of alkyl carbamates (subject to hydrolysis) is 1. The molecule has 2 fully saturated rings. The van der Waals surface area contributed by atoms with Crippen molar-refractivity contribution in [2.45, 2.75) is 37.7 Å². The van der Waals surface area contributed by atoms with Crippen LogP contribution >= 0.6 is 35.0 Å². The van der Waals surface area contributed by atoms with E-state index < -0.39 is 33.5 Å². The summed E-state index contributed by atoms with van der Waals surface area (Å²) >= 11 is 13.6. The summed E-state index contributed by atoms with van der Waals surface area (Å²) < 4.78 is 29.3. The number of fused-ring (bicyclic) bond motifs is 1. The summed E-state index contributed by atoms with van der Waals surface area (Å²) in [7, 11) is -3.21. The van der Waals surface area contributed by atoms with Gasteiger partial charge in [0.1, 0.15) is 12.1 Å². The molecule has 1 N–H and O–H groups in total. The summed E-state index contributed by atoms with van der Waals surface area (Å²) in [6, 6.07) is 4.41. The van der Waals surface area contributed by atoms with Crippen molar-refractivity contribution in [3.63, 3.8) is 0 Å². The quantitative estimate of drug-likeness (QED) is 0.689. The van der Waals surface area contributed by atoms with Gasteiger partial charge in [0, 0.05) is 10.3 Å². The highest BCUT2D eigenvalue weighted by Gasteiger charge is 2.49. The number of amides is 2. The summed E-state index contributed by atoms with van der Waals surface area (Å²) in [6.07, 6.45) is -0.729. The molecule has 164 valence electrons. The number of halogens is 2. The van der Waals surface area contributed by atoms with Crippen LogP contribution in [0.25, 0.3) is 0 Å². The van der Waals surface area contributed by atoms with Crippen LogP contribution in [0.4, 0.5) is 10.5 Å². The first-order chi connectivity index (χ1) is 13.8. The number of hydrogen-bond acceptors (Lipinski definition) is 6. The van der Waals surface area contributed by atoms with Gasteiger partial charge in [0.15, 0.2) is 15.0 Å². The zero-order valence-corrected chi connectivity index (χ0v) is 19.7. The lowest BCUT2D eigenvalue weighted by atomic mass is 10.2. The van der Waals surface area contributed by atoms with E-state index in [9.17, 15) is 18.0 Å². The minimum atomic E-state index is -3.21. The second kappa shape index (κ2) is 8.57. The molecular formula is C18H21Cl2N3O5S2. The van der Waals surface area contributed by atoms with Crippen molar-refractivity contribution in [1.29, 1.82) is 0 Å². The third kappa shape index (κ3) is 5.60. The number of ether oxygens (including phenoxy) is 1. The molecule has 2 heterocycles. The molecule has 2 saturated heterocycles. The molecule has 2 amide bonds. The number of amidine groups is 1. The molecule has 3 rings (SSSR count). The number of sulfone groups is 1. The maximum absolute atomic E-state index is 12.4. The first-order valence-corrected chi connectivity index (χ1v) is 12.5. The number of benzene rings is 1. The Hall–Kier alpha value is -1.49. The fourth-order valence-corrected chi connectivity index (χ4v) is 7.42. The highest BCUT2D eigenvalue weighted by Crippen LogP contribution is 2.43. The SMILES string of the molecule is CC(C)(C)OC(=O)NCC(=O)N=C1S[C@@H]2CS(=O)(=O)C[C@@H]2N1c1cc(Cl)ccc1Cl. The van der Waals surface area contributed by atoms with Crippen molar-refractivity contribution in [1.82, 2.24) is 5.32 Å². The number of thioether (sulfide) groups is 1. The monoisotopic (exact) mass is 493 g/mol. The normalized spacial score (nSPS) is 24.0. The zero-order chi connectivity index (χ0) is 22.3. The number of hydrogen-bond donors (Lipinski definition) is 1. The molecule has 0 saturated carbocycles. The molecule has 2 aliphatic heterocycles. The van der Waals surface area contributed by atoms with Crippen LogP contribution < -0.4 is 10.2 Å². The van der Waals surface area contributed by atoms with Crippen LogP contribution in [0.3, 0.4) is 0 Å². The van der Waals surface area contributed by atoms with Gasteiger partial charge in [0.05, 0.1) is 28.3 Å². The Labute approximate surface area is 189 Å². The third-order valence-corrected chi connectivity index (χ3v) is 8.00. The maximum atomic E-state index is 12.4. The average Bonchev–Trinajstić information content (AvgIpc) is 3.04. The van der Waals surface area contributed by atoms with E-state index in [0.717, 1.165) is 0 Å². The Morgan fingerprint density at radius 1 is 1.30 bits per heavy atom. The minimum Gasteiger partial charge on any atom is -0.444 e. The lowest BCUT2D eigenvalue weighted by Gasteiger charge is -2.25. The van der Waals surface area contributed by atoms with Gasteiger partial charge in [-0.25, -0.2) is 13.2 Å². The van der Waals surface area contributed by atoms with Crippen molar-refractivity contribution < 1.29 is 22.7 Å². The molecule has 0 spiro atoms. The number of anilines is 1. The fourth-order valence-electron chi connectivity index (χ4n) is 3.12. The van der Waals surface area contributed by atoms with E-state index in [0.29, 0.717) is 20.9 Å². The molecular weight excluding hydrogens is 473 g/mol. The summed E-state index contributed by atoms with van der Waals surface area (Å²) in [5, 5.41) is 3.18. The van der Waals surface area contributed by atoms with Gasteiger partial charge in [-0.1, -0.05) is 35.0 Å². The summed E-state index contributed by atoms with van der Waals surface area (Å²) in [5.41, 5.74) is -0.212. The molecule has 1 aromatic carbocycles. The minimum absolute atomic E-state index is 0.0135. The van der Waals surface area contributed by atoms with Crippen LogP contribution in [0, 0.1) is 0 Å². The number of carbonyl (C=O) groups is 2. The van der Waals surface area contributed by atoms with Gasteiger partial charge in [-0.2, -0.15) is 4.99 Å². The Morgan fingerprint density at radius 3 is 2.67 bits per heavy atom. The van der Waals surface area contributed by atoms with Crippen LogP contribution in [-0.4, -0.2) is 60.5 Å². The predicted octanol–water partition coefficient (Wildman–Crippen LogP) is 3.12. The van der Waals surface area contributed by atoms with E-state index in [1.54, 1.807) is 43.9 Å². The highest BCUT2D eigenvalue weighted by molar-refractivity contribution is 8.16. The van der Waals surface area contributed by atoms with Crippen molar-refractivity contribution in [3.8, 4) is 0 Å². The largest absolute Gasteiger partial charge is 0.444 e. The molecule has 0 aliphatic carbocycles. The molecule has 0 radical (unpaired) electrons. The van der Waals surface area contributed by atoms with Crippen LogP contribution in [-0.2, 0) is 19.4 Å². The van der Waals surface area contributed by atoms with E-state index in [1.807, 2.05) is 0 Å². The number of carbonyl (C=O) groups excluding carboxylic acids is 2. The van der Waals surface area contributed by atoms with Gasteiger partial charge in [-0.3, -0.25) is 4.79 Å². The molecule has 8 nitrogen and oxygen atoms in total. The predicted molar refractivity (Wildman–Crippen MR) is 119 cm³/mol. The molecule has 0 unspecified atom stereocenters. The van der Waals surface area contributed by atoms with Gasteiger partial charge >= 0.3 is 6.09 Å². The van der Waals surface area contributed by atoms with Crippen molar-refractivity contribution >= 4 is 67.7 Å².